The van der Waals surface area contributed by atoms with E-state index >= 15 is 0 Å². The van der Waals surface area contributed by atoms with Gasteiger partial charge in [-0.15, -0.1) is 0 Å². The van der Waals surface area contributed by atoms with Crippen LogP contribution >= 0.6 is 0 Å². The number of aromatic nitrogens is 1. The van der Waals surface area contributed by atoms with E-state index in [0.29, 0.717) is 12.8 Å². The quantitative estimate of drug-likeness (QED) is 0.583. The van der Waals surface area contributed by atoms with Gasteiger partial charge in [-0.05, 0) is 19.1 Å². The fraction of sp³-hybridized carbons (Fsp3) is 0.250. The number of carbonyl (C=O) groups is 1. The first-order valence-corrected chi connectivity index (χ1v) is 3.44. The molecule has 0 aliphatic carbocycles. The van der Waals surface area contributed by atoms with Crippen LogP contribution in [0.4, 0.5) is 0 Å². The van der Waals surface area contributed by atoms with Crippen LogP contribution in [-0.2, 0) is 6.54 Å². The lowest BCUT2D eigenvalue weighted by Crippen LogP contribution is -2.21. The third kappa shape index (κ3) is 1.37. The van der Waals surface area contributed by atoms with Crippen molar-refractivity contribution in [3.8, 4) is 0 Å². The molecule has 0 radical (unpaired) electrons. The van der Waals surface area contributed by atoms with E-state index in [1.165, 1.54) is 10.6 Å². The maximum Gasteiger partial charge on any atom is 0.261 e. The molecule has 0 saturated carbocycles. The van der Waals surface area contributed by atoms with Crippen molar-refractivity contribution in [3.05, 3.63) is 34.2 Å². The van der Waals surface area contributed by atoms with Crippen LogP contribution < -0.4 is 5.56 Å². The Morgan fingerprint density at radius 2 is 2.36 bits per heavy atom. The van der Waals surface area contributed by atoms with E-state index < -0.39 is 0 Å². The van der Waals surface area contributed by atoms with Crippen molar-refractivity contribution in [2.75, 3.05) is 0 Å². The van der Waals surface area contributed by atoms with Crippen LogP contribution in [-0.4, -0.2) is 10.9 Å². The van der Waals surface area contributed by atoms with Crippen LogP contribution in [0.25, 0.3) is 0 Å². The minimum Gasteiger partial charge on any atom is -0.315 e. The Hall–Kier alpha value is -1.38. The van der Waals surface area contributed by atoms with Crippen molar-refractivity contribution in [1.29, 1.82) is 0 Å². The molecule has 0 saturated heterocycles. The van der Waals surface area contributed by atoms with Crippen molar-refractivity contribution in [3.63, 3.8) is 0 Å². The predicted molar refractivity (Wildman–Crippen MR) is 41.8 cm³/mol. The minimum absolute atomic E-state index is 0.217. The van der Waals surface area contributed by atoms with Crippen LogP contribution in [0.3, 0.4) is 0 Å². The van der Waals surface area contributed by atoms with Gasteiger partial charge in [-0.3, -0.25) is 9.59 Å². The molecule has 3 heteroatoms. The lowest BCUT2D eigenvalue weighted by molar-refractivity contribution is 0.112. The van der Waals surface area contributed by atoms with Gasteiger partial charge in [0.25, 0.3) is 5.56 Å². The largest absolute Gasteiger partial charge is 0.315 e. The summed E-state index contributed by atoms with van der Waals surface area (Å²) in [7, 11) is 0. The highest BCUT2D eigenvalue weighted by atomic mass is 16.1. The van der Waals surface area contributed by atoms with Crippen molar-refractivity contribution in [2.45, 2.75) is 13.5 Å². The molecule has 1 aromatic heterocycles. The van der Waals surface area contributed by atoms with Gasteiger partial charge >= 0.3 is 0 Å². The Morgan fingerprint density at radius 1 is 1.64 bits per heavy atom. The molecule has 0 amide bonds. The van der Waals surface area contributed by atoms with Gasteiger partial charge in [0.2, 0.25) is 0 Å². The summed E-state index contributed by atoms with van der Waals surface area (Å²) in [5.74, 6) is 0. The number of hydrogen-bond acceptors (Lipinski definition) is 2. The molecule has 1 rings (SSSR count). The normalized spacial score (nSPS) is 9.55. The van der Waals surface area contributed by atoms with Gasteiger partial charge in [0.1, 0.15) is 0 Å². The molecule has 1 aromatic rings. The average molecular weight is 151 g/mol. The van der Waals surface area contributed by atoms with Gasteiger partial charge in [0.15, 0.2) is 6.29 Å². The molecule has 11 heavy (non-hydrogen) atoms. The van der Waals surface area contributed by atoms with Crippen molar-refractivity contribution >= 4 is 6.29 Å². The third-order valence-corrected chi connectivity index (χ3v) is 1.52. The summed E-state index contributed by atoms with van der Waals surface area (Å²) < 4.78 is 1.49. The second-order valence-electron chi connectivity index (χ2n) is 2.17. The standard InChI is InChI=1S/C8H9NO2/c1-2-9-5-3-4-7(6-10)8(9)11/h3-6H,2H2,1H3. The van der Waals surface area contributed by atoms with E-state index in [2.05, 4.69) is 0 Å². The number of hydrogen-bond donors (Lipinski definition) is 0. The molecular formula is C8H9NO2. The maximum absolute atomic E-state index is 11.2. The highest BCUT2D eigenvalue weighted by Crippen LogP contribution is 1.86. The van der Waals surface area contributed by atoms with Gasteiger partial charge in [-0.1, -0.05) is 0 Å². The molecule has 0 unspecified atom stereocenters. The monoisotopic (exact) mass is 151 g/mol. The van der Waals surface area contributed by atoms with E-state index in [1.54, 1.807) is 12.3 Å². The Labute approximate surface area is 64.3 Å². The molecular weight excluding hydrogens is 142 g/mol. The highest BCUT2D eigenvalue weighted by molar-refractivity contribution is 5.73. The molecule has 0 aliphatic rings. The summed E-state index contributed by atoms with van der Waals surface area (Å²) in [5.41, 5.74) is -0.000602. The molecule has 0 fully saturated rings. The zero-order valence-electron chi connectivity index (χ0n) is 6.28. The number of aldehydes is 1. The SMILES string of the molecule is CCn1cccc(C=O)c1=O. The Morgan fingerprint density at radius 3 is 2.91 bits per heavy atom. The summed E-state index contributed by atoms with van der Waals surface area (Å²) in [6, 6.07) is 3.20. The van der Waals surface area contributed by atoms with Gasteiger partial charge < -0.3 is 4.57 Å². The zero-order valence-corrected chi connectivity index (χ0v) is 6.28. The lowest BCUT2D eigenvalue weighted by Gasteiger charge is -1.99. The van der Waals surface area contributed by atoms with Crippen LogP contribution in [0.2, 0.25) is 0 Å². The average Bonchev–Trinajstić information content (AvgIpc) is 2.05. The molecule has 0 aliphatic heterocycles. The van der Waals surface area contributed by atoms with Crippen molar-refractivity contribution < 1.29 is 4.79 Å². The number of carbonyl (C=O) groups excluding carboxylic acids is 1. The van der Waals surface area contributed by atoms with Gasteiger partial charge in [0.05, 0.1) is 5.56 Å². The zero-order chi connectivity index (χ0) is 8.27. The topological polar surface area (TPSA) is 39.1 Å². The Kier molecular flexibility index (Phi) is 2.21. The first kappa shape index (κ1) is 7.72. The van der Waals surface area contributed by atoms with Gasteiger partial charge in [0, 0.05) is 12.7 Å². The number of nitrogens with zero attached hydrogens (tertiary/aromatic N) is 1. The molecule has 0 aromatic carbocycles. The van der Waals surface area contributed by atoms with Crippen LogP contribution in [0.15, 0.2) is 23.1 Å². The van der Waals surface area contributed by atoms with Gasteiger partial charge in [-0.25, -0.2) is 0 Å². The van der Waals surface area contributed by atoms with Crippen LogP contribution in [0.1, 0.15) is 17.3 Å². The second-order valence-corrected chi connectivity index (χ2v) is 2.17. The molecule has 3 nitrogen and oxygen atoms in total. The van der Waals surface area contributed by atoms with Gasteiger partial charge in [-0.2, -0.15) is 0 Å². The van der Waals surface area contributed by atoms with E-state index in [-0.39, 0.29) is 11.1 Å². The summed E-state index contributed by atoms with van der Waals surface area (Å²) in [6.07, 6.45) is 2.24. The van der Waals surface area contributed by atoms with Crippen molar-refractivity contribution in [2.24, 2.45) is 0 Å². The lowest BCUT2D eigenvalue weighted by atomic mass is 10.3. The Balaban J connectivity index is 3.32. The smallest absolute Gasteiger partial charge is 0.261 e. The fourth-order valence-electron chi connectivity index (χ4n) is 0.894. The predicted octanol–water partition coefficient (Wildman–Crippen LogP) is 0.681. The molecule has 1 heterocycles. The van der Waals surface area contributed by atoms with E-state index in [0.717, 1.165) is 0 Å². The number of rotatable bonds is 2. The van der Waals surface area contributed by atoms with E-state index in [9.17, 15) is 9.59 Å². The number of aryl methyl sites for hydroxylation is 1. The minimum atomic E-state index is -0.218. The summed E-state index contributed by atoms with van der Waals surface area (Å²) in [6.45, 7) is 2.45. The summed E-state index contributed by atoms with van der Waals surface area (Å²) in [5, 5.41) is 0. The molecule has 58 valence electrons. The highest BCUT2D eigenvalue weighted by Gasteiger charge is 1.97. The molecule has 0 atom stereocenters. The number of pyridine rings is 1. The Bertz CT molecular complexity index is 314. The summed E-state index contributed by atoms with van der Waals surface area (Å²) in [4.78, 5) is 21.4. The van der Waals surface area contributed by atoms with E-state index in [4.69, 9.17) is 0 Å². The van der Waals surface area contributed by atoms with Crippen LogP contribution in [0, 0.1) is 0 Å². The first-order chi connectivity index (χ1) is 5.29. The second kappa shape index (κ2) is 3.14. The fourth-order valence-corrected chi connectivity index (χ4v) is 0.894. The third-order valence-electron chi connectivity index (χ3n) is 1.52. The molecule has 0 spiro atoms. The van der Waals surface area contributed by atoms with Crippen molar-refractivity contribution in [1.82, 2.24) is 4.57 Å². The maximum atomic E-state index is 11.2. The summed E-state index contributed by atoms with van der Waals surface area (Å²) >= 11 is 0. The molecule has 0 bridgehead atoms. The first-order valence-electron chi connectivity index (χ1n) is 3.44. The molecule has 0 N–H and O–H groups in total. The van der Waals surface area contributed by atoms with E-state index in [1.807, 2.05) is 6.92 Å². The van der Waals surface area contributed by atoms with Crippen LogP contribution in [0.5, 0.6) is 0 Å².